The molecule has 2 rings (SSSR count). The van der Waals surface area contributed by atoms with E-state index in [1.807, 2.05) is 0 Å². The first-order chi connectivity index (χ1) is 4.33. The Bertz CT molecular complexity index is 157. The van der Waals surface area contributed by atoms with Crippen LogP contribution in [0.4, 0.5) is 0 Å². The first-order valence-electron chi connectivity index (χ1n) is 3.33. The summed E-state index contributed by atoms with van der Waals surface area (Å²) in [5.74, 6) is 1.14. The number of rotatable bonds is 1. The number of fused-ring (bicyclic) bond motifs is 1. The summed E-state index contributed by atoms with van der Waals surface area (Å²) in [6.07, 6.45) is 1.08. The monoisotopic (exact) mass is 126 g/mol. The number of hydrogen-bond donors (Lipinski definition) is 2. The molecule has 1 saturated carbocycles. The number of hydrogen-bond acceptors (Lipinski definition) is 2. The molecule has 9 heavy (non-hydrogen) atoms. The SMILES string of the molecule is NCC1NC(=O)C2CC12. The van der Waals surface area contributed by atoms with Crippen molar-refractivity contribution in [3.8, 4) is 0 Å². The molecule has 0 spiro atoms. The van der Waals surface area contributed by atoms with Crippen molar-refractivity contribution >= 4 is 5.91 Å². The summed E-state index contributed by atoms with van der Waals surface area (Å²) in [5.41, 5.74) is 5.40. The molecular weight excluding hydrogens is 116 g/mol. The molecule has 1 aliphatic heterocycles. The Hall–Kier alpha value is -0.570. The fraction of sp³-hybridized carbons (Fsp3) is 0.833. The van der Waals surface area contributed by atoms with Gasteiger partial charge in [-0.1, -0.05) is 0 Å². The molecule has 0 aromatic carbocycles. The minimum atomic E-state index is 0.218. The first kappa shape index (κ1) is 5.23. The van der Waals surface area contributed by atoms with Crippen LogP contribution in [-0.2, 0) is 4.79 Å². The molecule has 3 N–H and O–H groups in total. The van der Waals surface area contributed by atoms with Gasteiger partial charge in [-0.3, -0.25) is 4.79 Å². The molecule has 1 amide bonds. The summed E-state index contributed by atoms with van der Waals surface area (Å²) < 4.78 is 0. The molecule has 1 heterocycles. The minimum absolute atomic E-state index is 0.218. The summed E-state index contributed by atoms with van der Waals surface area (Å²) in [6.45, 7) is 0.604. The van der Waals surface area contributed by atoms with Gasteiger partial charge in [0.25, 0.3) is 0 Å². The highest BCUT2D eigenvalue weighted by Gasteiger charge is 2.53. The lowest BCUT2D eigenvalue weighted by Crippen LogP contribution is -2.36. The highest BCUT2D eigenvalue weighted by molar-refractivity contribution is 5.85. The van der Waals surface area contributed by atoms with E-state index in [4.69, 9.17) is 5.73 Å². The number of piperidine rings is 1. The summed E-state index contributed by atoms with van der Waals surface area (Å²) >= 11 is 0. The molecule has 50 valence electrons. The second-order valence-corrected chi connectivity index (χ2v) is 2.86. The molecule has 2 fully saturated rings. The molecule has 1 saturated heterocycles. The van der Waals surface area contributed by atoms with Crippen molar-refractivity contribution < 1.29 is 4.79 Å². The molecule has 0 bridgehead atoms. The topological polar surface area (TPSA) is 55.1 Å². The molecule has 3 nitrogen and oxygen atoms in total. The van der Waals surface area contributed by atoms with Crippen LogP contribution in [0.5, 0.6) is 0 Å². The molecule has 0 radical (unpaired) electrons. The third-order valence-electron chi connectivity index (χ3n) is 2.27. The number of carbonyl (C=O) groups excluding carboxylic acids is 1. The fourth-order valence-corrected chi connectivity index (χ4v) is 1.59. The molecule has 0 aromatic rings. The zero-order valence-corrected chi connectivity index (χ0v) is 5.13. The van der Waals surface area contributed by atoms with E-state index in [9.17, 15) is 4.79 Å². The van der Waals surface area contributed by atoms with Crippen molar-refractivity contribution in [2.75, 3.05) is 6.54 Å². The van der Waals surface area contributed by atoms with E-state index in [2.05, 4.69) is 5.32 Å². The lowest BCUT2D eigenvalue weighted by Gasteiger charge is -2.07. The lowest BCUT2D eigenvalue weighted by molar-refractivity contribution is -0.121. The molecule has 3 unspecified atom stereocenters. The second-order valence-electron chi connectivity index (χ2n) is 2.86. The summed E-state index contributed by atoms with van der Waals surface area (Å²) in [7, 11) is 0. The van der Waals surface area contributed by atoms with Gasteiger partial charge in [0.15, 0.2) is 0 Å². The summed E-state index contributed by atoms with van der Waals surface area (Å²) in [4.78, 5) is 10.8. The zero-order chi connectivity index (χ0) is 6.43. The van der Waals surface area contributed by atoms with Gasteiger partial charge in [-0.15, -0.1) is 0 Å². The Kier molecular flexibility index (Phi) is 0.858. The van der Waals surface area contributed by atoms with E-state index in [0.717, 1.165) is 6.42 Å². The highest BCUT2D eigenvalue weighted by Crippen LogP contribution is 2.45. The Balaban J connectivity index is 2.08. The van der Waals surface area contributed by atoms with Gasteiger partial charge in [0.05, 0.1) is 0 Å². The van der Waals surface area contributed by atoms with Crippen LogP contribution in [0.1, 0.15) is 6.42 Å². The Morgan fingerprint density at radius 3 is 2.78 bits per heavy atom. The standard InChI is InChI=1S/C6H10N2O/c7-2-5-3-1-4(3)6(9)8-5/h3-5H,1-2,7H2,(H,8,9). The Labute approximate surface area is 53.6 Å². The second kappa shape index (κ2) is 1.48. The number of amides is 1. The molecule has 3 heteroatoms. The first-order valence-corrected chi connectivity index (χ1v) is 3.33. The van der Waals surface area contributed by atoms with Crippen molar-refractivity contribution in [2.24, 2.45) is 17.6 Å². The maximum atomic E-state index is 10.8. The van der Waals surface area contributed by atoms with Crippen LogP contribution in [0.15, 0.2) is 0 Å². The number of nitrogens with one attached hydrogen (secondary N) is 1. The van der Waals surface area contributed by atoms with E-state index in [1.165, 1.54) is 0 Å². The van der Waals surface area contributed by atoms with Gasteiger partial charge in [-0.2, -0.15) is 0 Å². The summed E-state index contributed by atoms with van der Waals surface area (Å²) in [6, 6.07) is 0.294. The normalized spacial score (nSPS) is 46.3. The smallest absolute Gasteiger partial charge is 0.223 e. The zero-order valence-electron chi connectivity index (χ0n) is 5.13. The van der Waals surface area contributed by atoms with Crippen molar-refractivity contribution in [2.45, 2.75) is 12.5 Å². The maximum absolute atomic E-state index is 10.8. The van der Waals surface area contributed by atoms with Crippen LogP contribution < -0.4 is 11.1 Å². The van der Waals surface area contributed by atoms with Gasteiger partial charge in [0.2, 0.25) is 5.91 Å². The van der Waals surface area contributed by atoms with E-state index >= 15 is 0 Å². The van der Waals surface area contributed by atoms with Gasteiger partial charge in [0.1, 0.15) is 0 Å². The average molecular weight is 126 g/mol. The van der Waals surface area contributed by atoms with Gasteiger partial charge in [-0.05, 0) is 12.3 Å². The van der Waals surface area contributed by atoms with Crippen LogP contribution in [0.3, 0.4) is 0 Å². The van der Waals surface area contributed by atoms with E-state index < -0.39 is 0 Å². The molecule has 1 aliphatic carbocycles. The quantitative estimate of drug-likeness (QED) is 0.477. The van der Waals surface area contributed by atoms with E-state index in [-0.39, 0.29) is 5.91 Å². The summed E-state index contributed by atoms with van der Waals surface area (Å²) in [5, 5.41) is 2.84. The van der Waals surface area contributed by atoms with E-state index in [0.29, 0.717) is 24.4 Å². The predicted molar refractivity (Wildman–Crippen MR) is 32.6 cm³/mol. The number of nitrogens with two attached hydrogens (primary N) is 1. The highest BCUT2D eigenvalue weighted by atomic mass is 16.2. The molecular formula is C6H10N2O. The fourth-order valence-electron chi connectivity index (χ4n) is 1.59. The van der Waals surface area contributed by atoms with Gasteiger partial charge >= 0.3 is 0 Å². The predicted octanol–water partition coefficient (Wildman–Crippen LogP) is -0.920. The van der Waals surface area contributed by atoms with Gasteiger partial charge in [0, 0.05) is 18.5 Å². The average Bonchev–Trinajstić information content (AvgIpc) is 2.56. The molecule has 0 aromatic heterocycles. The maximum Gasteiger partial charge on any atom is 0.223 e. The van der Waals surface area contributed by atoms with Gasteiger partial charge in [-0.25, -0.2) is 0 Å². The van der Waals surface area contributed by atoms with E-state index in [1.54, 1.807) is 0 Å². The molecule has 2 aliphatic rings. The van der Waals surface area contributed by atoms with Crippen molar-refractivity contribution in [3.63, 3.8) is 0 Å². The Morgan fingerprint density at radius 2 is 2.56 bits per heavy atom. The molecule has 3 atom stereocenters. The largest absolute Gasteiger partial charge is 0.352 e. The third-order valence-corrected chi connectivity index (χ3v) is 2.27. The lowest BCUT2D eigenvalue weighted by atomic mass is 10.2. The van der Waals surface area contributed by atoms with Crippen LogP contribution >= 0.6 is 0 Å². The van der Waals surface area contributed by atoms with Crippen molar-refractivity contribution in [3.05, 3.63) is 0 Å². The van der Waals surface area contributed by atoms with Crippen LogP contribution in [0, 0.1) is 11.8 Å². The van der Waals surface area contributed by atoms with Crippen molar-refractivity contribution in [1.29, 1.82) is 0 Å². The van der Waals surface area contributed by atoms with Crippen LogP contribution in [-0.4, -0.2) is 18.5 Å². The van der Waals surface area contributed by atoms with Crippen LogP contribution in [0.25, 0.3) is 0 Å². The Morgan fingerprint density at radius 1 is 1.78 bits per heavy atom. The van der Waals surface area contributed by atoms with Crippen molar-refractivity contribution in [1.82, 2.24) is 5.32 Å². The van der Waals surface area contributed by atoms with Crippen LogP contribution in [0.2, 0.25) is 0 Å². The van der Waals surface area contributed by atoms with Gasteiger partial charge < -0.3 is 11.1 Å². The third kappa shape index (κ3) is 0.580. The number of carbonyl (C=O) groups is 1. The minimum Gasteiger partial charge on any atom is -0.352 e.